The number of carbonyl (C=O) groups is 4. The van der Waals surface area contributed by atoms with Gasteiger partial charge in [0.25, 0.3) is 0 Å². The van der Waals surface area contributed by atoms with Gasteiger partial charge in [-0.1, -0.05) is 41.5 Å². The molecule has 0 aromatic heterocycles. The van der Waals surface area contributed by atoms with Gasteiger partial charge in [0.2, 0.25) is 17.7 Å². The monoisotopic (exact) mass is 440 g/mol. The summed E-state index contributed by atoms with van der Waals surface area (Å²) in [5, 5.41) is 14.7. The summed E-state index contributed by atoms with van der Waals surface area (Å²) in [6.45, 7) is 11.7. The van der Waals surface area contributed by atoms with Crippen molar-refractivity contribution in [1.29, 1.82) is 0 Å². The maximum absolute atomic E-state index is 13.0. The van der Waals surface area contributed by atoms with Gasteiger partial charge in [-0.05, 0) is 43.4 Å². The van der Waals surface area contributed by atoms with Crippen molar-refractivity contribution in [3.8, 4) is 0 Å². The molecule has 3 amide bonds. The van der Waals surface area contributed by atoms with Gasteiger partial charge in [0.05, 0.1) is 6.04 Å². The van der Waals surface area contributed by atoms with Crippen molar-refractivity contribution in [3.63, 3.8) is 0 Å². The molecule has 5 N–H and O–H groups in total. The molecule has 1 heterocycles. The maximum Gasteiger partial charge on any atom is 0.326 e. The number of nitrogens with one attached hydrogen (secondary N) is 2. The third-order valence-electron chi connectivity index (χ3n) is 5.45. The van der Waals surface area contributed by atoms with Crippen molar-refractivity contribution in [2.45, 2.75) is 91.4 Å². The Labute approximate surface area is 185 Å². The highest BCUT2D eigenvalue weighted by atomic mass is 16.4. The molecule has 1 rings (SSSR count). The van der Waals surface area contributed by atoms with Crippen LogP contribution in [0.3, 0.4) is 0 Å². The minimum Gasteiger partial charge on any atom is -0.480 e. The standard InChI is InChI=1S/C22H40N4O5/c1-12(2)10-15(23)21(29)26-9-7-8-17(26)19(27)25-18(14(5)6)20(28)24-16(22(30)31)11-13(3)4/h12-18H,7-11,23H2,1-6H3,(H,24,28)(H,25,27)(H,30,31)/t15-,16-,17-,18-/m0/s1. The molecule has 0 bridgehead atoms. The van der Waals surface area contributed by atoms with E-state index in [4.69, 9.17) is 5.73 Å². The zero-order valence-electron chi connectivity index (χ0n) is 19.7. The van der Waals surface area contributed by atoms with Crippen LogP contribution in [0.5, 0.6) is 0 Å². The predicted octanol–water partition coefficient (Wildman–Crippen LogP) is 1.11. The molecule has 0 aliphatic carbocycles. The van der Waals surface area contributed by atoms with Gasteiger partial charge in [0.15, 0.2) is 0 Å². The van der Waals surface area contributed by atoms with Crippen LogP contribution >= 0.6 is 0 Å². The lowest BCUT2D eigenvalue weighted by molar-refractivity contribution is -0.143. The molecule has 0 aromatic rings. The van der Waals surface area contributed by atoms with Crippen molar-refractivity contribution >= 4 is 23.7 Å². The average Bonchev–Trinajstić information content (AvgIpc) is 3.13. The summed E-state index contributed by atoms with van der Waals surface area (Å²) in [6.07, 6.45) is 2.02. The lowest BCUT2D eigenvalue weighted by Gasteiger charge is -2.30. The van der Waals surface area contributed by atoms with Crippen LogP contribution in [-0.4, -0.2) is 64.4 Å². The van der Waals surface area contributed by atoms with E-state index in [1.807, 2.05) is 27.7 Å². The van der Waals surface area contributed by atoms with E-state index in [2.05, 4.69) is 10.6 Å². The first kappa shape index (κ1) is 26.9. The van der Waals surface area contributed by atoms with Crippen molar-refractivity contribution < 1.29 is 24.3 Å². The summed E-state index contributed by atoms with van der Waals surface area (Å²) in [7, 11) is 0. The summed E-state index contributed by atoms with van der Waals surface area (Å²) in [5.41, 5.74) is 6.04. The maximum atomic E-state index is 13.0. The molecule has 0 saturated carbocycles. The first-order valence-electron chi connectivity index (χ1n) is 11.2. The van der Waals surface area contributed by atoms with Crippen LogP contribution in [0.15, 0.2) is 0 Å². The van der Waals surface area contributed by atoms with E-state index in [1.54, 1.807) is 13.8 Å². The number of carboxylic acids is 1. The van der Waals surface area contributed by atoms with Crippen LogP contribution < -0.4 is 16.4 Å². The smallest absolute Gasteiger partial charge is 0.326 e. The Bertz CT molecular complexity index is 650. The predicted molar refractivity (Wildman–Crippen MR) is 118 cm³/mol. The van der Waals surface area contributed by atoms with Crippen molar-refractivity contribution in [1.82, 2.24) is 15.5 Å². The Morgan fingerprint density at radius 1 is 1.00 bits per heavy atom. The summed E-state index contributed by atoms with van der Waals surface area (Å²) in [4.78, 5) is 51.5. The van der Waals surface area contributed by atoms with E-state index in [0.29, 0.717) is 32.2 Å². The first-order chi connectivity index (χ1) is 14.3. The van der Waals surface area contributed by atoms with Gasteiger partial charge in [-0.3, -0.25) is 14.4 Å². The first-order valence-corrected chi connectivity index (χ1v) is 11.2. The van der Waals surface area contributed by atoms with Crippen molar-refractivity contribution in [2.24, 2.45) is 23.5 Å². The molecule has 0 radical (unpaired) electrons. The second-order valence-electron chi connectivity index (χ2n) is 9.68. The molecule has 1 fully saturated rings. The van der Waals surface area contributed by atoms with Crippen LogP contribution in [0.25, 0.3) is 0 Å². The Morgan fingerprint density at radius 3 is 2.06 bits per heavy atom. The Kier molecular flexibility index (Phi) is 10.4. The molecular weight excluding hydrogens is 400 g/mol. The second kappa shape index (κ2) is 12.0. The highest BCUT2D eigenvalue weighted by molar-refractivity contribution is 5.94. The van der Waals surface area contributed by atoms with Crippen LogP contribution in [-0.2, 0) is 19.2 Å². The Balaban J connectivity index is 2.87. The van der Waals surface area contributed by atoms with E-state index < -0.39 is 42.0 Å². The Hall–Kier alpha value is -2.16. The van der Waals surface area contributed by atoms with Gasteiger partial charge < -0.3 is 26.4 Å². The fourth-order valence-electron chi connectivity index (χ4n) is 3.86. The highest BCUT2D eigenvalue weighted by Gasteiger charge is 2.38. The fraction of sp³-hybridized carbons (Fsp3) is 0.818. The lowest BCUT2D eigenvalue weighted by Crippen LogP contribution is -2.58. The number of hydrogen-bond donors (Lipinski definition) is 4. The molecule has 0 aromatic carbocycles. The zero-order chi connectivity index (χ0) is 23.9. The number of nitrogens with two attached hydrogens (primary N) is 1. The summed E-state index contributed by atoms with van der Waals surface area (Å²) >= 11 is 0. The quantitative estimate of drug-likeness (QED) is 0.379. The van der Waals surface area contributed by atoms with E-state index in [-0.39, 0.29) is 23.7 Å². The normalized spacial score (nSPS) is 19.4. The summed E-state index contributed by atoms with van der Waals surface area (Å²) in [6, 6.07) is -3.26. The van der Waals surface area contributed by atoms with Gasteiger partial charge in [-0.25, -0.2) is 4.79 Å². The fourth-order valence-corrected chi connectivity index (χ4v) is 3.86. The van der Waals surface area contributed by atoms with E-state index >= 15 is 0 Å². The highest BCUT2D eigenvalue weighted by Crippen LogP contribution is 2.20. The summed E-state index contributed by atoms with van der Waals surface area (Å²) in [5.74, 6) is -2.22. The van der Waals surface area contributed by atoms with Crippen LogP contribution in [0, 0.1) is 17.8 Å². The minimum absolute atomic E-state index is 0.0848. The van der Waals surface area contributed by atoms with Gasteiger partial charge >= 0.3 is 5.97 Å². The molecule has 0 spiro atoms. The Morgan fingerprint density at radius 2 is 1.58 bits per heavy atom. The number of hydrogen-bond acceptors (Lipinski definition) is 5. The number of likely N-dealkylation sites (tertiary alicyclic amines) is 1. The largest absolute Gasteiger partial charge is 0.480 e. The molecule has 1 aliphatic heterocycles. The molecule has 4 atom stereocenters. The molecular formula is C22H40N4O5. The third kappa shape index (κ3) is 8.12. The molecule has 9 nitrogen and oxygen atoms in total. The second-order valence-corrected chi connectivity index (χ2v) is 9.68. The molecule has 9 heteroatoms. The van der Waals surface area contributed by atoms with E-state index in [9.17, 15) is 24.3 Å². The van der Waals surface area contributed by atoms with Gasteiger partial charge in [-0.15, -0.1) is 0 Å². The summed E-state index contributed by atoms with van der Waals surface area (Å²) < 4.78 is 0. The number of carbonyl (C=O) groups excluding carboxylic acids is 3. The van der Waals surface area contributed by atoms with Crippen molar-refractivity contribution in [2.75, 3.05) is 6.54 Å². The average molecular weight is 441 g/mol. The minimum atomic E-state index is -1.11. The van der Waals surface area contributed by atoms with Crippen LogP contribution in [0.2, 0.25) is 0 Å². The van der Waals surface area contributed by atoms with Gasteiger partial charge in [0.1, 0.15) is 18.1 Å². The van der Waals surface area contributed by atoms with E-state index in [1.165, 1.54) is 4.90 Å². The number of amides is 3. The van der Waals surface area contributed by atoms with Crippen molar-refractivity contribution in [3.05, 3.63) is 0 Å². The zero-order valence-corrected chi connectivity index (χ0v) is 19.7. The molecule has 178 valence electrons. The lowest BCUT2D eigenvalue weighted by atomic mass is 9.99. The van der Waals surface area contributed by atoms with Crippen LogP contribution in [0.4, 0.5) is 0 Å². The molecule has 1 saturated heterocycles. The molecule has 31 heavy (non-hydrogen) atoms. The SMILES string of the molecule is CC(C)C[C@H](NC(=O)[C@@H](NC(=O)[C@@H]1CCCN1C(=O)[C@@H](N)CC(C)C)C(C)C)C(=O)O. The third-order valence-corrected chi connectivity index (χ3v) is 5.45. The van der Waals surface area contributed by atoms with Gasteiger partial charge in [-0.2, -0.15) is 0 Å². The number of rotatable bonds is 11. The van der Waals surface area contributed by atoms with Crippen LogP contribution in [0.1, 0.15) is 67.2 Å². The number of nitrogens with zero attached hydrogens (tertiary/aromatic N) is 1. The molecule has 0 unspecified atom stereocenters. The topological polar surface area (TPSA) is 142 Å². The number of aliphatic carboxylic acids is 1. The van der Waals surface area contributed by atoms with Gasteiger partial charge in [0, 0.05) is 6.54 Å². The molecule has 1 aliphatic rings. The van der Waals surface area contributed by atoms with E-state index in [0.717, 1.165) is 0 Å². The number of carboxylic acid groups (broad SMARTS) is 1.